The maximum absolute atomic E-state index is 13.9. The number of amides is 1. The molecule has 1 aromatic carbocycles. The maximum atomic E-state index is 13.9. The van der Waals surface area contributed by atoms with Crippen molar-refractivity contribution in [3.05, 3.63) is 35.9 Å². The van der Waals surface area contributed by atoms with Crippen LogP contribution in [-0.4, -0.2) is 66.6 Å². The number of hydrogen-bond acceptors (Lipinski definition) is 6. The van der Waals surface area contributed by atoms with Crippen molar-refractivity contribution in [3.63, 3.8) is 0 Å². The van der Waals surface area contributed by atoms with Crippen LogP contribution >= 0.6 is 0 Å². The SMILES string of the molecule is O=C(c1c(N2CCOCC2)noc1-c1ccccc1)N1CCC[C@]2(CCC[C@H]2O)C1. The van der Waals surface area contributed by atoms with Crippen LogP contribution in [0.1, 0.15) is 42.5 Å². The highest BCUT2D eigenvalue weighted by Crippen LogP contribution is 2.45. The summed E-state index contributed by atoms with van der Waals surface area (Å²) in [7, 11) is 0. The van der Waals surface area contributed by atoms with Crippen molar-refractivity contribution in [2.24, 2.45) is 5.41 Å². The first-order chi connectivity index (χ1) is 14.7. The summed E-state index contributed by atoms with van der Waals surface area (Å²) in [5.41, 5.74) is 1.23. The summed E-state index contributed by atoms with van der Waals surface area (Å²) in [6.45, 7) is 3.90. The van der Waals surface area contributed by atoms with Gasteiger partial charge in [-0.1, -0.05) is 41.9 Å². The number of piperidine rings is 1. The second-order valence-electron chi connectivity index (χ2n) is 8.78. The van der Waals surface area contributed by atoms with E-state index in [1.165, 1.54) is 0 Å². The molecule has 0 radical (unpaired) electrons. The molecule has 0 bridgehead atoms. The fraction of sp³-hybridized carbons (Fsp3) is 0.565. The lowest BCUT2D eigenvalue weighted by atomic mass is 9.76. The Morgan fingerprint density at radius 1 is 1.10 bits per heavy atom. The lowest BCUT2D eigenvalue weighted by molar-refractivity contribution is -0.00533. The zero-order valence-electron chi connectivity index (χ0n) is 17.3. The summed E-state index contributed by atoms with van der Waals surface area (Å²) in [5, 5.41) is 15.0. The van der Waals surface area contributed by atoms with Gasteiger partial charge in [0.15, 0.2) is 11.6 Å². The molecule has 1 aromatic heterocycles. The van der Waals surface area contributed by atoms with E-state index in [9.17, 15) is 9.90 Å². The lowest BCUT2D eigenvalue weighted by Crippen LogP contribution is -2.49. The van der Waals surface area contributed by atoms with Crippen LogP contribution in [0.5, 0.6) is 0 Å². The van der Waals surface area contributed by atoms with Crippen LogP contribution in [0.3, 0.4) is 0 Å². The molecule has 1 aliphatic carbocycles. The number of morpholine rings is 1. The Hall–Kier alpha value is -2.38. The van der Waals surface area contributed by atoms with E-state index in [0.717, 1.165) is 37.7 Å². The van der Waals surface area contributed by atoms with Crippen LogP contribution < -0.4 is 4.90 Å². The molecule has 1 saturated carbocycles. The van der Waals surface area contributed by atoms with Crippen LogP contribution in [-0.2, 0) is 4.74 Å². The number of rotatable bonds is 3. The molecule has 7 heteroatoms. The van der Waals surface area contributed by atoms with Crippen molar-refractivity contribution in [2.45, 2.75) is 38.2 Å². The predicted molar refractivity (Wildman–Crippen MR) is 112 cm³/mol. The van der Waals surface area contributed by atoms with Crippen molar-refractivity contribution in [2.75, 3.05) is 44.3 Å². The van der Waals surface area contributed by atoms with Crippen LogP contribution in [0.25, 0.3) is 11.3 Å². The van der Waals surface area contributed by atoms with E-state index in [4.69, 9.17) is 9.26 Å². The molecule has 30 heavy (non-hydrogen) atoms. The molecule has 160 valence electrons. The van der Waals surface area contributed by atoms with Gasteiger partial charge in [-0.2, -0.15) is 0 Å². The number of aliphatic hydroxyl groups excluding tert-OH is 1. The van der Waals surface area contributed by atoms with Crippen molar-refractivity contribution in [1.29, 1.82) is 0 Å². The smallest absolute Gasteiger partial charge is 0.261 e. The zero-order chi connectivity index (χ0) is 20.6. The molecular formula is C23H29N3O4. The van der Waals surface area contributed by atoms with Crippen LogP contribution in [0.4, 0.5) is 5.82 Å². The highest BCUT2D eigenvalue weighted by molar-refractivity contribution is 6.04. The molecule has 3 heterocycles. The van der Waals surface area contributed by atoms with Gasteiger partial charge in [-0.05, 0) is 25.7 Å². The van der Waals surface area contributed by atoms with E-state index in [0.29, 0.717) is 56.5 Å². The molecule has 1 amide bonds. The second kappa shape index (κ2) is 8.04. The highest BCUT2D eigenvalue weighted by atomic mass is 16.5. The van der Waals surface area contributed by atoms with E-state index in [1.54, 1.807) is 0 Å². The summed E-state index contributed by atoms with van der Waals surface area (Å²) in [5.74, 6) is 1.08. The van der Waals surface area contributed by atoms with Gasteiger partial charge in [-0.25, -0.2) is 0 Å². The number of carbonyl (C=O) groups is 1. The largest absolute Gasteiger partial charge is 0.392 e. The molecule has 1 N–H and O–H groups in total. The fourth-order valence-corrected chi connectivity index (χ4v) is 5.34. The Bertz CT molecular complexity index is 893. The maximum Gasteiger partial charge on any atom is 0.261 e. The van der Waals surface area contributed by atoms with Gasteiger partial charge in [-0.3, -0.25) is 4.79 Å². The molecule has 3 fully saturated rings. The number of ether oxygens (including phenoxy) is 1. The Kier molecular flexibility index (Phi) is 5.25. The van der Waals surface area contributed by atoms with Gasteiger partial charge >= 0.3 is 0 Å². The molecule has 0 unspecified atom stereocenters. The van der Waals surface area contributed by atoms with Crippen LogP contribution in [0, 0.1) is 5.41 Å². The third-order valence-electron chi connectivity index (χ3n) is 6.99. The number of hydrogen-bond donors (Lipinski definition) is 1. The van der Waals surface area contributed by atoms with Gasteiger partial charge in [0.25, 0.3) is 5.91 Å². The summed E-state index contributed by atoms with van der Waals surface area (Å²) in [6, 6.07) is 9.70. The van der Waals surface area contributed by atoms with E-state index in [-0.39, 0.29) is 17.4 Å². The number of carbonyl (C=O) groups excluding carboxylic acids is 1. The first-order valence-electron chi connectivity index (χ1n) is 11.0. The van der Waals surface area contributed by atoms with E-state index < -0.39 is 0 Å². The van der Waals surface area contributed by atoms with Crippen molar-refractivity contribution in [1.82, 2.24) is 10.1 Å². The molecule has 2 aromatic rings. The molecule has 2 saturated heterocycles. The minimum absolute atomic E-state index is 0.0465. The normalized spacial score (nSPS) is 27.0. The Balaban J connectivity index is 1.51. The average Bonchev–Trinajstić information content (AvgIpc) is 3.39. The average molecular weight is 412 g/mol. The topological polar surface area (TPSA) is 79.0 Å². The summed E-state index contributed by atoms with van der Waals surface area (Å²) < 4.78 is 11.2. The molecule has 2 aliphatic heterocycles. The highest BCUT2D eigenvalue weighted by Gasteiger charge is 2.46. The predicted octanol–water partition coefficient (Wildman–Crippen LogP) is 2.95. The monoisotopic (exact) mass is 411 g/mol. The van der Waals surface area contributed by atoms with Crippen molar-refractivity contribution in [3.8, 4) is 11.3 Å². The number of benzene rings is 1. The summed E-state index contributed by atoms with van der Waals surface area (Å²) >= 11 is 0. The number of anilines is 1. The third kappa shape index (κ3) is 3.40. The Morgan fingerprint density at radius 3 is 2.60 bits per heavy atom. The van der Waals surface area contributed by atoms with Crippen LogP contribution in [0.15, 0.2) is 34.9 Å². The Morgan fingerprint density at radius 2 is 1.87 bits per heavy atom. The van der Waals surface area contributed by atoms with E-state index in [2.05, 4.69) is 10.1 Å². The van der Waals surface area contributed by atoms with Gasteiger partial charge in [0, 0.05) is 37.2 Å². The number of likely N-dealkylation sites (tertiary alicyclic amines) is 1. The van der Waals surface area contributed by atoms with Gasteiger partial charge in [0.1, 0.15) is 5.56 Å². The standard InChI is InChI=1S/C23H29N3O4/c27-18-8-4-9-23(18)10-5-11-26(16-23)22(28)19-20(17-6-2-1-3-7-17)30-24-21(19)25-12-14-29-15-13-25/h1-3,6-7,18,27H,4-5,8-16H2/t18-,23-/m1/s1. The Labute approximate surface area is 176 Å². The van der Waals surface area contributed by atoms with Crippen LogP contribution in [0.2, 0.25) is 0 Å². The molecular weight excluding hydrogens is 382 g/mol. The van der Waals surface area contributed by atoms with Gasteiger partial charge in [0.2, 0.25) is 0 Å². The second-order valence-corrected chi connectivity index (χ2v) is 8.78. The quantitative estimate of drug-likeness (QED) is 0.837. The summed E-state index contributed by atoms with van der Waals surface area (Å²) in [4.78, 5) is 17.8. The molecule has 5 rings (SSSR count). The lowest BCUT2D eigenvalue weighted by Gasteiger charge is -2.42. The molecule has 1 spiro atoms. The number of aromatic nitrogens is 1. The summed E-state index contributed by atoms with van der Waals surface area (Å²) in [6.07, 6.45) is 4.45. The zero-order valence-corrected chi connectivity index (χ0v) is 17.3. The van der Waals surface area contributed by atoms with E-state index in [1.807, 2.05) is 35.2 Å². The van der Waals surface area contributed by atoms with Crippen molar-refractivity contribution < 1.29 is 19.2 Å². The number of nitrogens with zero attached hydrogens (tertiary/aromatic N) is 3. The van der Waals surface area contributed by atoms with Gasteiger partial charge in [0.05, 0.1) is 19.3 Å². The first-order valence-corrected chi connectivity index (χ1v) is 11.0. The molecule has 3 aliphatic rings. The molecule has 7 nitrogen and oxygen atoms in total. The van der Waals surface area contributed by atoms with Gasteiger partial charge < -0.3 is 24.2 Å². The van der Waals surface area contributed by atoms with Gasteiger partial charge in [-0.15, -0.1) is 0 Å². The van der Waals surface area contributed by atoms with E-state index >= 15 is 0 Å². The third-order valence-corrected chi connectivity index (χ3v) is 6.99. The molecule has 2 atom stereocenters. The minimum atomic E-state index is -0.317. The fourth-order valence-electron chi connectivity index (χ4n) is 5.34. The number of aliphatic hydroxyl groups is 1. The van der Waals surface area contributed by atoms with Crippen molar-refractivity contribution >= 4 is 11.7 Å². The minimum Gasteiger partial charge on any atom is -0.392 e. The first kappa shape index (κ1) is 19.6.